The Morgan fingerprint density at radius 1 is 1.44 bits per heavy atom. The van der Waals surface area contributed by atoms with Crippen LogP contribution in [0.4, 0.5) is 0 Å². The highest BCUT2D eigenvalue weighted by molar-refractivity contribution is 7.80. The Morgan fingerprint density at radius 2 is 2.06 bits per heavy atom. The Morgan fingerprint density at radius 3 is 2.61 bits per heavy atom. The summed E-state index contributed by atoms with van der Waals surface area (Å²) in [4.78, 5) is 14.5. The smallest absolute Gasteiger partial charge is 0.254 e. The maximum absolute atomic E-state index is 12.4. The van der Waals surface area contributed by atoms with E-state index in [1.54, 1.807) is 11.9 Å². The summed E-state index contributed by atoms with van der Waals surface area (Å²) >= 11 is 4.88. The van der Waals surface area contributed by atoms with Crippen molar-refractivity contribution in [2.75, 3.05) is 7.05 Å². The first-order valence-electron chi connectivity index (χ1n) is 5.95. The summed E-state index contributed by atoms with van der Waals surface area (Å²) in [6, 6.07) is 5.90. The van der Waals surface area contributed by atoms with Crippen molar-refractivity contribution in [3.63, 3.8) is 0 Å². The van der Waals surface area contributed by atoms with Crippen molar-refractivity contribution in [3.8, 4) is 0 Å². The van der Waals surface area contributed by atoms with E-state index in [2.05, 4.69) is 0 Å². The van der Waals surface area contributed by atoms with Gasteiger partial charge >= 0.3 is 0 Å². The first kappa shape index (κ1) is 14.6. The predicted molar refractivity (Wildman–Crippen MR) is 78.9 cm³/mol. The van der Waals surface area contributed by atoms with Crippen LogP contribution in [0, 0.1) is 13.8 Å². The Labute approximate surface area is 114 Å². The molecule has 1 rings (SSSR count). The number of amides is 1. The number of thiocarbonyl (C=S) groups is 1. The lowest BCUT2D eigenvalue weighted by Crippen LogP contribution is -2.37. The molecule has 1 aromatic rings. The minimum atomic E-state index is 0.00918. The van der Waals surface area contributed by atoms with E-state index in [4.69, 9.17) is 18.0 Å². The number of nitrogens with zero attached hydrogens (tertiary/aromatic N) is 1. The summed E-state index contributed by atoms with van der Waals surface area (Å²) in [5.74, 6) is 0.0138. The van der Waals surface area contributed by atoms with Crippen molar-refractivity contribution in [2.45, 2.75) is 33.2 Å². The highest BCUT2D eigenvalue weighted by Gasteiger charge is 2.19. The van der Waals surface area contributed by atoms with E-state index >= 15 is 0 Å². The molecule has 0 aliphatic rings. The van der Waals surface area contributed by atoms with Crippen molar-refractivity contribution >= 4 is 23.1 Å². The number of hydrogen-bond acceptors (Lipinski definition) is 2. The van der Waals surface area contributed by atoms with Crippen LogP contribution in [-0.4, -0.2) is 28.9 Å². The fourth-order valence-corrected chi connectivity index (χ4v) is 2.03. The van der Waals surface area contributed by atoms with Gasteiger partial charge in [-0.2, -0.15) is 0 Å². The maximum Gasteiger partial charge on any atom is 0.254 e. The summed E-state index contributed by atoms with van der Waals surface area (Å²) in [6.07, 6.45) is 0.544. The van der Waals surface area contributed by atoms with Crippen LogP contribution in [0.1, 0.15) is 34.8 Å². The van der Waals surface area contributed by atoms with Crippen molar-refractivity contribution < 1.29 is 4.79 Å². The molecule has 98 valence electrons. The molecule has 0 spiro atoms. The first-order chi connectivity index (χ1) is 8.32. The van der Waals surface area contributed by atoms with Crippen LogP contribution in [0.25, 0.3) is 0 Å². The molecule has 0 bridgehead atoms. The number of benzene rings is 1. The lowest BCUT2D eigenvalue weighted by molar-refractivity contribution is 0.0747. The van der Waals surface area contributed by atoms with Gasteiger partial charge in [-0.05, 0) is 32.4 Å². The topological polar surface area (TPSA) is 46.3 Å². The lowest BCUT2D eigenvalue weighted by Gasteiger charge is -2.25. The van der Waals surface area contributed by atoms with Gasteiger partial charge in [0.1, 0.15) is 0 Å². The largest absolute Gasteiger partial charge is 0.393 e. The van der Waals surface area contributed by atoms with Crippen molar-refractivity contribution in [1.82, 2.24) is 4.90 Å². The van der Waals surface area contributed by atoms with E-state index < -0.39 is 0 Å². The molecule has 0 aliphatic heterocycles. The number of carbonyl (C=O) groups excluding carboxylic acids is 1. The number of hydrogen-bond donors (Lipinski definition) is 1. The third-order valence-electron chi connectivity index (χ3n) is 3.10. The van der Waals surface area contributed by atoms with Crippen molar-refractivity contribution in [2.24, 2.45) is 5.73 Å². The van der Waals surface area contributed by atoms with Crippen LogP contribution in [0.5, 0.6) is 0 Å². The fraction of sp³-hybridized carbons (Fsp3) is 0.429. The van der Waals surface area contributed by atoms with Gasteiger partial charge in [0, 0.05) is 25.1 Å². The average molecular weight is 264 g/mol. The Kier molecular flexibility index (Phi) is 4.84. The van der Waals surface area contributed by atoms with Gasteiger partial charge in [-0.1, -0.05) is 29.9 Å². The standard InChI is InChI=1S/C14H20N2OS/c1-9-5-6-10(2)12(7-9)14(17)16(4)11(3)8-13(15)18/h5-7,11H,8H2,1-4H3,(H2,15,18). The SMILES string of the molecule is Cc1ccc(C)c(C(=O)N(C)C(C)CC(N)=S)c1. The second-order valence-electron chi connectivity index (χ2n) is 4.75. The van der Waals surface area contributed by atoms with Crippen molar-refractivity contribution in [1.29, 1.82) is 0 Å². The molecule has 0 saturated carbocycles. The summed E-state index contributed by atoms with van der Waals surface area (Å²) in [5.41, 5.74) is 8.33. The van der Waals surface area contributed by atoms with E-state index in [0.717, 1.165) is 16.7 Å². The number of carbonyl (C=O) groups is 1. The minimum absolute atomic E-state index is 0.00918. The molecule has 0 aliphatic carbocycles. The number of nitrogens with two attached hydrogens (primary N) is 1. The molecule has 0 radical (unpaired) electrons. The molecular weight excluding hydrogens is 244 g/mol. The number of aryl methyl sites for hydroxylation is 2. The molecule has 1 unspecified atom stereocenters. The zero-order valence-electron chi connectivity index (χ0n) is 11.4. The van der Waals surface area contributed by atoms with Crippen LogP contribution < -0.4 is 5.73 Å². The van der Waals surface area contributed by atoms with Gasteiger partial charge in [0.15, 0.2) is 0 Å². The normalized spacial score (nSPS) is 12.0. The van der Waals surface area contributed by atoms with Gasteiger partial charge in [0.25, 0.3) is 5.91 Å². The highest BCUT2D eigenvalue weighted by atomic mass is 32.1. The second-order valence-corrected chi connectivity index (χ2v) is 5.28. The Bertz CT molecular complexity index is 471. The second kappa shape index (κ2) is 5.96. The van der Waals surface area contributed by atoms with E-state index in [1.165, 1.54) is 0 Å². The summed E-state index contributed by atoms with van der Waals surface area (Å²) in [6.45, 7) is 5.87. The summed E-state index contributed by atoms with van der Waals surface area (Å²) in [7, 11) is 1.78. The van der Waals surface area contributed by atoms with Gasteiger partial charge in [0.05, 0.1) is 4.99 Å². The summed E-state index contributed by atoms with van der Waals surface area (Å²) in [5, 5.41) is 0. The molecule has 0 heterocycles. The van der Waals surface area contributed by atoms with E-state index in [0.29, 0.717) is 11.4 Å². The lowest BCUT2D eigenvalue weighted by atomic mass is 10.0. The third-order valence-corrected chi connectivity index (χ3v) is 3.27. The first-order valence-corrected chi connectivity index (χ1v) is 6.36. The third kappa shape index (κ3) is 3.53. The molecule has 0 aromatic heterocycles. The van der Waals surface area contributed by atoms with Gasteiger partial charge in [0.2, 0.25) is 0 Å². The minimum Gasteiger partial charge on any atom is -0.393 e. The van der Waals surface area contributed by atoms with Crippen LogP contribution in [0.2, 0.25) is 0 Å². The molecule has 1 amide bonds. The van der Waals surface area contributed by atoms with Gasteiger partial charge in [-0.15, -0.1) is 0 Å². The van der Waals surface area contributed by atoms with Crippen LogP contribution in [-0.2, 0) is 0 Å². The molecule has 3 nitrogen and oxygen atoms in total. The van der Waals surface area contributed by atoms with Gasteiger partial charge < -0.3 is 10.6 Å². The zero-order valence-corrected chi connectivity index (χ0v) is 12.2. The summed E-state index contributed by atoms with van der Waals surface area (Å²) < 4.78 is 0. The Hall–Kier alpha value is -1.42. The monoisotopic (exact) mass is 264 g/mol. The molecule has 0 fully saturated rings. The zero-order chi connectivity index (χ0) is 13.9. The van der Waals surface area contributed by atoms with E-state index in [1.807, 2.05) is 39.0 Å². The molecule has 1 aromatic carbocycles. The molecular formula is C14H20N2OS. The van der Waals surface area contributed by atoms with Crippen molar-refractivity contribution in [3.05, 3.63) is 34.9 Å². The van der Waals surface area contributed by atoms with Crippen LogP contribution >= 0.6 is 12.2 Å². The van der Waals surface area contributed by atoms with Gasteiger partial charge in [-0.3, -0.25) is 4.79 Å². The molecule has 4 heteroatoms. The maximum atomic E-state index is 12.4. The fourth-order valence-electron chi connectivity index (χ4n) is 1.78. The number of rotatable bonds is 4. The quantitative estimate of drug-likeness (QED) is 0.850. The predicted octanol–water partition coefficient (Wildman–Crippen LogP) is 2.44. The van der Waals surface area contributed by atoms with Crippen LogP contribution in [0.3, 0.4) is 0 Å². The van der Waals surface area contributed by atoms with E-state index in [-0.39, 0.29) is 11.9 Å². The molecule has 2 N–H and O–H groups in total. The van der Waals surface area contributed by atoms with Crippen LogP contribution in [0.15, 0.2) is 18.2 Å². The average Bonchev–Trinajstić information content (AvgIpc) is 2.29. The Balaban J connectivity index is 2.92. The highest BCUT2D eigenvalue weighted by Crippen LogP contribution is 2.15. The molecule has 0 saturated heterocycles. The van der Waals surface area contributed by atoms with E-state index in [9.17, 15) is 4.79 Å². The van der Waals surface area contributed by atoms with Gasteiger partial charge in [-0.25, -0.2) is 0 Å². The molecule has 1 atom stereocenters. The molecule has 18 heavy (non-hydrogen) atoms.